The highest BCUT2D eigenvalue weighted by Crippen LogP contribution is 2.50. The summed E-state index contributed by atoms with van der Waals surface area (Å²) < 4.78 is 43.0. The zero-order valence-electron chi connectivity index (χ0n) is 25.3. The molecule has 43 heavy (non-hydrogen) atoms. The van der Waals surface area contributed by atoms with E-state index in [-0.39, 0.29) is 29.2 Å². The highest BCUT2D eigenvalue weighted by atomic mass is 19.1. The molecule has 3 heterocycles. The Morgan fingerprint density at radius 1 is 1.16 bits per heavy atom. The first-order valence-electron chi connectivity index (χ1n) is 15.4. The number of carboxylic acids is 1. The van der Waals surface area contributed by atoms with Gasteiger partial charge < -0.3 is 14.6 Å². The molecule has 0 spiro atoms. The van der Waals surface area contributed by atoms with Gasteiger partial charge in [-0.1, -0.05) is 37.3 Å². The number of aromatic nitrogens is 1. The Hall–Kier alpha value is -3.52. The smallest absolute Gasteiger partial charge is 0.306 e. The lowest BCUT2D eigenvalue weighted by Gasteiger charge is -2.33. The average molecular weight is 591 g/mol. The number of pyridine rings is 1. The van der Waals surface area contributed by atoms with Gasteiger partial charge in [0.25, 0.3) is 0 Å². The molecule has 6 nitrogen and oxygen atoms in total. The van der Waals surface area contributed by atoms with E-state index in [0.29, 0.717) is 36.4 Å². The first-order valence-corrected chi connectivity index (χ1v) is 15.4. The molecule has 3 atom stereocenters. The van der Waals surface area contributed by atoms with E-state index >= 15 is 8.78 Å². The third-order valence-corrected chi connectivity index (χ3v) is 9.83. The Morgan fingerprint density at radius 3 is 2.63 bits per heavy atom. The van der Waals surface area contributed by atoms with Crippen LogP contribution in [0, 0.1) is 23.5 Å². The predicted octanol–water partition coefficient (Wildman–Crippen LogP) is 7.69. The highest BCUT2D eigenvalue weighted by molar-refractivity contribution is 5.71. The van der Waals surface area contributed by atoms with Crippen LogP contribution < -0.4 is 9.47 Å². The molecule has 8 heteroatoms. The number of methoxy groups -OCH3 is 1. The largest absolute Gasteiger partial charge is 0.482 e. The highest BCUT2D eigenvalue weighted by Gasteiger charge is 2.41. The van der Waals surface area contributed by atoms with Crippen LogP contribution in [0.4, 0.5) is 8.78 Å². The molecular formula is C35H40F2N2O4. The minimum atomic E-state index is -0.912. The van der Waals surface area contributed by atoms with Crippen LogP contribution in [0.5, 0.6) is 11.6 Å². The van der Waals surface area contributed by atoms with Gasteiger partial charge >= 0.3 is 5.97 Å². The number of halogens is 2. The maximum atomic E-state index is 16.2. The summed E-state index contributed by atoms with van der Waals surface area (Å²) in [7, 11) is 1.51. The number of aryl methyl sites for hydroxylation is 1. The van der Waals surface area contributed by atoms with Crippen LogP contribution in [0.3, 0.4) is 0 Å². The molecule has 2 aliphatic heterocycles. The molecule has 0 radical (unpaired) electrons. The number of hydrogen-bond donors (Lipinski definition) is 1. The maximum absolute atomic E-state index is 16.2. The molecule has 1 unspecified atom stereocenters. The van der Waals surface area contributed by atoms with Gasteiger partial charge in [0.15, 0.2) is 11.6 Å². The van der Waals surface area contributed by atoms with E-state index in [1.807, 2.05) is 18.2 Å². The van der Waals surface area contributed by atoms with Gasteiger partial charge in [-0.25, -0.2) is 13.8 Å². The fraction of sp³-hybridized carbons (Fsp3) is 0.486. The molecule has 1 saturated heterocycles. The Bertz CT molecular complexity index is 1540. The number of fused-ring (bicyclic) bond motifs is 1. The number of ether oxygens (including phenoxy) is 2. The van der Waals surface area contributed by atoms with E-state index < -0.39 is 23.5 Å². The summed E-state index contributed by atoms with van der Waals surface area (Å²) in [5.41, 5.74) is 4.33. The second-order valence-corrected chi connectivity index (χ2v) is 13.1. The quantitative estimate of drug-likeness (QED) is 0.276. The Kier molecular flexibility index (Phi) is 7.92. The summed E-state index contributed by atoms with van der Waals surface area (Å²) in [6.07, 6.45) is 6.14. The molecule has 0 amide bonds. The normalized spacial score (nSPS) is 21.1. The molecule has 3 aliphatic rings. The monoisotopic (exact) mass is 590 g/mol. The fourth-order valence-electron chi connectivity index (χ4n) is 7.06. The van der Waals surface area contributed by atoms with Crippen molar-refractivity contribution in [1.29, 1.82) is 0 Å². The zero-order chi connectivity index (χ0) is 30.5. The summed E-state index contributed by atoms with van der Waals surface area (Å²) in [6, 6.07) is 11.2. The predicted molar refractivity (Wildman–Crippen MR) is 160 cm³/mol. The SMILES string of the molecule is COc1cc(-c2ccc(C3CCc4ccc([C@H](C5CC5)[C@H](C)C(=O)O)c(F)c4O3)cc2CN2CCCC2(C)C)c(F)cn1. The van der Waals surface area contributed by atoms with Crippen molar-refractivity contribution in [2.24, 2.45) is 11.8 Å². The number of likely N-dealkylation sites (tertiary alicyclic amines) is 1. The summed E-state index contributed by atoms with van der Waals surface area (Å²) in [5.74, 6) is -2.09. The van der Waals surface area contributed by atoms with Gasteiger partial charge in [0.1, 0.15) is 11.9 Å². The number of rotatable bonds is 9. The number of carbonyl (C=O) groups is 1. The second-order valence-electron chi connectivity index (χ2n) is 13.1. The number of aliphatic carboxylic acids is 1. The standard InChI is InChI=1S/C35H40F2N2O4/c1-20(34(40)41)31(21-6-7-21)26-12-8-22-10-13-29(43-33(22)32(26)37)23-9-11-25(27-17-30(42-4)38-18-28(27)36)24(16-23)19-39-15-5-14-35(39,2)3/h8-9,11-12,16-18,20-21,29,31H,5-7,10,13-15,19H2,1-4H3,(H,40,41)/t20-,29?,31-/m0/s1. The van der Waals surface area contributed by atoms with Gasteiger partial charge in [-0.2, -0.15) is 0 Å². The maximum Gasteiger partial charge on any atom is 0.306 e. The van der Waals surface area contributed by atoms with Crippen molar-refractivity contribution in [3.63, 3.8) is 0 Å². The number of hydrogen-bond acceptors (Lipinski definition) is 5. The first-order chi connectivity index (χ1) is 20.6. The van der Waals surface area contributed by atoms with Crippen molar-refractivity contribution >= 4 is 5.97 Å². The van der Waals surface area contributed by atoms with Gasteiger partial charge in [-0.3, -0.25) is 9.69 Å². The van der Waals surface area contributed by atoms with Crippen LogP contribution in [0.2, 0.25) is 0 Å². The number of nitrogens with zero attached hydrogens (tertiary/aromatic N) is 2. The van der Waals surface area contributed by atoms with E-state index in [2.05, 4.69) is 29.8 Å². The number of carboxylic acid groups (broad SMARTS) is 1. The van der Waals surface area contributed by atoms with Gasteiger partial charge in [0.05, 0.1) is 19.2 Å². The van der Waals surface area contributed by atoms with Crippen molar-refractivity contribution in [2.45, 2.75) is 83.4 Å². The lowest BCUT2D eigenvalue weighted by Crippen LogP contribution is -2.37. The molecule has 0 bridgehead atoms. The lowest BCUT2D eigenvalue weighted by atomic mass is 9.82. The third kappa shape index (κ3) is 5.74. The first kappa shape index (κ1) is 29.5. The van der Waals surface area contributed by atoms with Crippen molar-refractivity contribution in [1.82, 2.24) is 9.88 Å². The molecule has 228 valence electrons. The Labute approximate surface area is 252 Å². The molecule has 1 N–H and O–H groups in total. The average Bonchev–Trinajstić information content (AvgIpc) is 3.77. The van der Waals surface area contributed by atoms with E-state index in [9.17, 15) is 9.90 Å². The van der Waals surface area contributed by atoms with Gasteiger partial charge in [0, 0.05) is 29.6 Å². The van der Waals surface area contributed by atoms with Crippen LogP contribution in [0.1, 0.15) is 87.2 Å². The molecule has 2 fully saturated rings. The van der Waals surface area contributed by atoms with E-state index in [0.717, 1.165) is 54.5 Å². The van der Waals surface area contributed by atoms with Gasteiger partial charge in [0.2, 0.25) is 5.88 Å². The summed E-state index contributed by atoms with van der Waals surface area (Å²) in [6.45, 7) is 7.73. The lowest BCUT2D eigenvalue weighted by molar-refractivity contribution is -0.142. The van der Waals surface area contributed by atoms with Crippen molar-refractivity contribution in [3.05, 3.63) is 76.5 Å². The van der Waals surface area contributed by atoms with Gasteiger partial charge in [-0.15, -0.1) is 0 Å². The summed E-state index contributed by atoms with van der Waals surface area (Å²) in [4.78, 5) is 18.3. The molecule has 1 saturated carbocycles. The third-order valence-electron chi connectivity index (χ3n) is 9.83. The molecule has 1 aliphatic carbocycles. The second kappa shape index (κ2) is 11.5. The van der Waals surface area contributed by atoms with E-state index in [1.165, 1.54) is 13.3 Å². The molecule has 1 aromatic heterocycles. The van der Waals surface area contributed by atoms with Crippen LogP contribution in [-0.2, 0) is 17.8 Å². The van der Waals surface area contributed by atoms with Crippen molar-refractivity contribution < 1.29 is 28.2 Å². The van der Waals surface area contributed by atoms with Crippen LogP contribution in [-0.4, -0.2) is 40.2 Å². The Morgan fingerprint density at radius 2 is 1.95 bits per heavy atom. The fourth-order valence-corrected chi connectivity index (χ4v) is 7.06. The molecule has 2 aromatic carbocycles. The minimum absolute atomic E-state index is 0.0206. The zero-order valence-corrected chi connectivity index (χ0v) is 25.3. The van der Waals surface area contributed by atoms with Crippen LogP contribution in [0.25, 0.3) is 11.1 Å². The topological polar surface area (TPSA) is 71.9 Å². The van der Waals surface area contributed by atoms with Crippen molar-refractivity contribution in [3.8, 4) is 22.8 Å². The summed E-state index contributed by atoms with van der Waals surface area (Å²) >= 11 is 0. The Balaban J connectivity index is 1.36. The minimum Gasteiger partial charge on any atom is -0.482 e. The van der Waals surface area contributed by atoms with Crippen molar-refractivity contribution in [2.75, 3.05) is 13.7 Å². The molecule has 3 aromatic rings. The van der Waals surface area contributed by atoms with Gasteiger partial charge in [-0.05, 0) is 92.7 Å². The molecular weight excluding hydrogens is 550 g/mol. The van der Waals surface area contributed by atoms with E-state index in [4.69, 9.17) is 9.47 Å². The van der Waals surface area contributed by atoms with Crippen LogP contribution in [0.15, 0.2) is 42.6 Å². The number of benzene rings is 2. The molecule has 6 rings (SSSR count). The van der Waals surface area contributed by atoms with E-state index in [1.54, 1.807) is 19.1 Å². The summed E-state index contributed by atoms with van der Waals surface area (Å²) in [5, 5.41) is 9.73. The van der Waals surface area contributed by atoms with Crippen LogP contribution >= 0.6 is 0 Å².